The lowest BCUT2D eigenvalue weighted by molar-refractivity contribution is 0.102. The van der Waals surface area contributed by atoms with Crippen LogP contribution in [-0.2, 0) is 0 Å². The second-order valence-corrected chi connectivity index (χ2v) is 5.13. The third-order valence-corrected chi connectivity index (χ3v) is 3.55. The summed E-state index contributed by atoms with van der Waals surface area (Å²) in [5.74, 6) is -0.425. The van der Waals surface area contributed by atoms with Crippen molar-refractivity contribution in [2.24, 2.45) is 0 Å². The monoisotopic (exact) mass is 306 g/mol. The van der Waals surface area contributed by atoms with Crippen LogP contribution in [0.25, 0.3) is 10.8 Å². The van der Waals surface area contributed by atoms with Gasteiger partial charge in [0.25, 0.3) is 5.91 Å². The predicted molar refractivity (Wildman–Crippen MR) is 89.8 cm³/mol. The van der Waals surface area contributed by atoms with Crippen LogP contribution in [0.1, 0.15) is 20.7 Å². The molecule has 3 rings (SSSR count). The van der Waals surface area contributed by atoms with Gasteiger partial charge in [-0.2, -0.15) is 0 Å². The van der Waals surface area contributed by atoms with E-state index in [0.717, 1.165) is 17.1 Å². The summed E-state index contributed by atoms with van der Waals surface area (Å²) >= 11 is 0. The molecule has 0 aliphatic rings. The molecule has 0 bridgehead atoms. The lowest BCUT2D eigenvalue weighted by Crippen LogP contribution is -2.12. The molecule has 0 aromatic heterocycles. The number of amides is 1. The number of aldehydes is 1. The van der Waals surface area contributed by atoms with Gasteiger partial charge in [-0.05, 0) is 41.1 Å². The molecule has 0 aliphatic heterocycles. The Morgan fingerprint density at radius 1 is 1.09 bits per heavy atom. The molecular weight excluding hydrogens is 292 g/mol. The third kappa shape index (κ3) is 2.85. The van der Waals surface area contributed by atoms with Crippen LogP contribution in [0.3, 0.4) is 0 Å². The van der Waals surface area contributed by atoms with Gasteiger partial charge in [0, 0.05) is 16.8 Å². The SMILES string of the molecule is Nc1ccc(O)c(NC(=O)c2cccc3cc(C=O)ccc23)c1. The number of benzene rings is 3. The fraction of sp³-hybridized carbons (Fsp3) is 0. The normalized spacial score (nSPS) is 10.4. The van der Waals surface area contributed by atoms with Crippen molar-refractivity contribution in [1.82, 2.24) is 0 Å². The Balaban J connectivity index is 2.01. The fourth-order valence-corrected chi connectivity index (χ4v) is 2.42. The summed E-state index contributed by atoms with van der Waals surface area (Å²) in [5.41, 5.74) is 7.34. The molecule has 5 heteroatoms. The maximum Gasteiger partial charge on any atom is 0.256 e. The summed E-state index contributed by atoms with van der Waals surface area (Å²) in [5, 5.41) is 14.0. The maximum atomic E-state index is 12.5. The Bertz CT molecular complexity index is 919. The first-order valence-corrected chi connectivity index (χ1v) is 6.96. The van der Waals surface area contributed by atoms with Crippen LogP contribution < -0.4 is 11.1 Å². The number of nitrogens with two attached hydrogens (primary N) is 1. The van der Waals surface area contributed by atoms with Gasteiger partial charge in [-0.15, -0.1) is 0 Å². The van der Waals surface area contributed by atoms with Crippen molar-refractivity contribution in [2.45, 2.75) is 0 Å². The van der Waals surface area contributed by atoms with Gasteiger partial charge in [-0.1, -0.05) is 24.3 Å². The maximum absolute atomic E-state index is 12.5. The van der Waals surface area contributed by atoms with E-state index >= 15 is 0 Å². The zero-order valence-corrected chi connectivity index (χ0v) is 12.1. The van der Waals surface area contributed by atoms with Crippen LogP contribution in [0.5, 0.6) is 5.75 Å². The number of carbonyl (C=O) groups is 2. The number of phenols is 1. The van der Waals surface area contributed by atoms with Gasteiger partial charge in [0.05, 0.1) is 5.69 Å². The predicted octanol–water partition coefficient (Wildman–Crippen LogP) is 3.19. The first-order valence-electron chi connectivity index (χ1n) is 6.96. The van der Waals surface area contributed by atoms with Gasteiger partial charge in [0.15, 0.2) is 0 Å². The Kier molecular flexibility index (Phi) is 3.68. The summed E-state index contributed by atoms with van der Waals surface area (Å²) in [4.78, 5) is 23.4. The van der Waals surface area contributed by atoms with Gasteiger partial charge in [-0.25, -0.2) is 0 Å². The second-order valence-electron chi connectivity index (χ2n) is 5.13. The molecule has 0 radical (unpaired) electrons. The standard InChI is InChI=1S/C18H14N2O3/c19-13-5-7-17(22)16(9-13)20-18(23)15-3-1-2-12-8-11(10-21)4-6-14(12)15/h1-10,22H,19H2,(H,20,23). The number of nitrogens with one attached hydrogen (secondary N) is 1. The van der Waals surface area contributed by atoms with Gasteiger partial charge in [0.1, 0.15) is 12.0 Å². The zero-order chi connectivity index (χ0) is 16.4. The number of phenolic OH excluding ortho intramolecular Hbond substituents is 1. The molecule has 4 N–H and O–H groups in total. The van der Waals surface area contributed by atoms with Crippen molar-refractivity contribution >= 4 is 34.3 Å². The number of hydrogen-bond donors (Lipinski definition) is 3. The van der Waals surface area contributed by atoms with E-state index in [0.29, 0.717) is 16.8 Å². The van der Waals surface area contributed by atoms with Crippen LogP contribution in [0.15, 0.2) is 54.6 Å². The Morgan fingerprint density at radius 2 is 1.91 bits per heavy atom. The number of aromatic hydroxyl groups is 1. The van der Waals surface area contributed by atoms with Crippen molar-refractivity contribution in [3.05, 3.63) is 65.7 Å². The summed E-state index contributed by atoms with van der Waals surface area (Å²) in [7, 11) is 0. The molecule has 0 saturated heterocycles. The largest absolute Gasteiger partial charge is 0.506 e. The summed E-state index contributed by atoms with van der Waals surface area (Å²) in [6, 6.07) is 14.8. The molecule has 23 heavy (non-hydrogen) atoms. The van der Waals surface area contributed by atoms with Crippen molar-refractivity contribution in [1.29, 1.82) is 0 Å². The number of rotatable bonds is 3. The topological polar surface area (TPSA) is 92.4 Å². The van der Waals surface area contributed by atoms with Crippen molar-refractivity contribution < 1.29 is 14.7 Å². The minimum Gasteiger partial charge on any atom is -0.506 e. The van der Waals surface area contributed by atoms with Crippen LogP contribution >= 0.6 is 0 Å². The molecule has 0 atom stereocenters. The average Bonchev–Trinajstić information content (AvgIpc) is 2.57. The van der Waals surface area contributed by atoms with Crippen LogP contribution in [-0.4, -0.2) is 17.3 Å². The van der Waals surface area contributed by atoms with Gasteiger partial charge >= 0.3 is 0 Å². The molecule has 0 spiro atoms. The van der Waals surface area contributed by atoms with E-state index in [9.17, 15) is 14.7 Å². The van der Waals surface area contributed by atoms with Crippen LogP contribution in [0, 0.1) is 0 Å². The summed E-state index contributed by atoms with van der Waals surface area (Å²) in [6.07, 6.45) is 0.761. The lowest BCUT2D eigenvalue weighted by Gasteiger charge is -2.10. The molecule has 3 aromatic carbocycles. The number of hydrogen-bond acceptors (Lipinski definition) is 4. The van der Waals surface area contributed by atoms with Crippen molar-refractivity contribution in [2.75, 3.05) is 11.1 Å². The highest BCUT2D eigenvalue weighted by Crippen LogP contribution is 2.27. The fourth-order valence-electron chi connectivity index (χ4n) is 2.42. The molecule has 0 heterocycles. The van der Waals surface area contributed by atoms with E-state index in [-0.39, 0.29) is 17.3 Å². The van der Waals surface area contributed by atoms with Crippen LogP contribution in [0.4, 0.5) is 11.4 Å². The van der Waals surface area contributed by atoms with E-state index in [1.165, 1.54) is 12.1 Å². The van der Waals surface area contributed by atoms with Crippen LogP contribution in [0.2, 0.25) is 0 Å². The Morgan fingerprint density at radius 3 is 2.70 bits per heavy atom. The Hall–Kier alpha value is -3.34. The quantitative estimate of drug-likeness (QED) is 0.300. The molecule has 1 amide bonds. The molecule has 5 nitrogen and oxygen atoms in total. The first kappa shape index (κ1) is 14.6. The second kappa shape index (κ2) is 5.81. The lowest BCUT2D eigenvalue weighted by atomic mass is 10.0. The van der Waals surface area contributed by atoms with Crippen molar-refractivity contribution in [3.63, 3.8) is 0 Å². The average molecular weight is 306 g/mol. The number of anilines is 2. The third-order valence-electron chi connectivity index (χ3n) is 3.55. The molecule has 0 aliphatic carbocycles. The smallest absolute Gasteiger partial charge is 0.256 e. The van der Waals surface area contributed by atoms with Gasteiger partial charge < -0.3 is 16.2 Å². The van der Waals surface area contributed by atoms with Crippen molar-refractivity contribution in [3.8, 4) is 5.75 Å². The zero-order valence-electron chi connectivity index (χ0n) is 12.1. The van der Waals surface area contributed by atoms with E-state index in [2.05, 4.69) is 5.32 Å². The van der Waals surface area contributed by atoms with E-state index in [1.54, 1.807) is 36.4 Å². The number of nitrogen functional groups attached to an aromatic ring is 1. The number of carbonyl (C=O) groups excluding carboxylic acids is 2. The van der Waals surface area contributed by atoms with E-state index in [4.69, 9.17) is 5.73 Å². The Labute approximate surface area is 132 Å². The molecule has 0 fully saturated rings. The van der Waals surface area contributed by atoms with E-state index in [1.807, 2.05) is 6.07 Å². The molecule has 114 valence electrons. The highest BCUT2D eigenvalue weighted by Gasteiger charge is 2.12. The summed E-state index contributed by atoms with van der Waals surface area (Å²) in [6.45, 7) is 0. The highest BCUT2D eigenvalue weighted by atomic mass is 16.3. The van der Waals surface area contributed by atoms with Gasteiger partial charge in [0.2, 0.25) is 0 Å². The molecule has 3 aromatic rings. The highest BCUT2D eigenvalue weighted by molar-refractivity contribution is 6.13. The molecule has 0 saturated carbocycles. The minimum absolute atomic E-state index is 0.0592. The number of fused-ring (bicyclic) bond motifs is 1. The minimum atomic E-state index is -0.365. The van der Waals surface area contributed by atoms with E-state index < -0.39 is 0 Å². The molecule has 0 unspecified atom stereocenters. The molecular formula is C18H14N2O3. The summed E-state index contributed by atoms with van der Waals surface area (Å²) < 4.78 is 0. The first-order chi connectivity index (χ1) is 11.1. The van der Waals surface area contributed by atoms with Gasteiger partial charge in [-0.3, -0.25) is 9.59 Å².